The number of ketones is 1. The number of hydrogen-bond acceptors (Lipinski definition) is 1. The van der Waals surface area contributed by atoms with Crippen molar-refractivity contribution in [3.05, 3.63) is 0 Å². The molecule has 0 amide bonds. The third-order valence-corrected chi connectivity index (χ3v) is 4.17. The fourth-order valence-corrected chi connectivity index (χ4v) is 2.90. The molecule has 1 rings (SSSR count). The maximum absolute atomic E-state index is 12.0. The third-order valence-electron chi connectivity index (χ3n) is 4.17. The minimum atomic E-state index is 0.373. The first-order valence-electron chi connectivity index (χ1n) is 7.87. The Labute approximate surface area is 107 Å². The maximum Gasteiger partial charge on any atom is 0.135 e. The van der Waals surface area contributed by atoms with E-state index >= 15 is 0 Å². The van der Waals surface area contributed by atoms with Crippen molar-refractivity contribution in [1.29, 1.82) is 0 Å². The van der Waals surface area contributed by atoms with E-state index in [4.69, 9.17) is 0 Å². The smallest absolute Gasteiger partial charge is 0.135 e. The Bertz CT molecular complexity index is 198. The molecule has 0 aromatic rings. The minimum absolute atomic E-state index is 0.373. The Morgan fingerprint density at radius 1 is 0.824 bits per heavy atom. The molecular formula is C16H30O. The Morgan fingerprint density at radius 3 is 1.82 bits per heavy atom. The van der Waals surface area contributed by atoms with Gasteiger partial charge in [-0.15, -0.1) is 0 Å². The predicted octanol–water partition coefficient (Wildman–Crippen LogP) is 5.28. The molecule has 17 heavy (non-hydrogen) atoms. The van der Waals surface area contributed by atoms with Crippen LogP contribution in [0.25, 0.3) is 0 Å². The molecule has 1 atom stereocenters. The van der Waals surface area contributed by atoms with Crippen LogP contribution in [0.3, 0.4) is 0 Å². The second-order valence-corrected chi connectivity index (χ2v) is 5.65. The van der Waals surface area contributed by atoms with Crippen LogP contribution in [0.4, 0.5) is 0 Å². The first-order chi connectivity index (χ1) is 8.34. The van der Waals surface area contributed by atoms with Gasteiger partial charge in [0.15, 0.2) is 0 Å². The van der Waals surface area contributed by atoms with Crippen LogP contribution in [0, 0.1) is 5.92 Å². The standard InChI is InChI=1S/C16H30O/c1-2-15-13-11-9-7-5-3-4-6-8-10-12-14-16(15)17/h15H,2-14H2,1H3. The summed E-state index contributed by atoms with van der Waals surface area (Å²) in [6.07, 6.45) is 16.4. The zero-order valence-electron chi connectivity index (χ0n) is 11.7. The van der Waals surface area contributed by atoms with Gasteiger partial charge in [-0.2, -0.15) is 0 Å². The Balaban J connectivity index is 2.31. The molecule has 1 saturated carbocycles. The van der Waals surface area contributed by atoms with Crippen molar-refractivity contribution in [3.63, 3.8) is 0 Å². The summed E-state index contributed by atoms with van der Waals surface area (Å²) < 4.78 is 0. The van der Waals surface area contributed by atoms with Crippen LogP contribution < -0.4 is 0 Å². The maximum atomic E-state index is 12.0. The van der Waals surface area contributed by atoms with E-state index < -0.39 is 0 Å². The van der Waals surface area contributed by atoms with Gasteiger partial charge in [0.25, 0.3) is 0 Å². The zero-order valence-corrected chi connectivity index (χ0v) is 11.7. The number of Topliss-reactive ketones (excluding diaryl/α,β-unsaturated/α-hetero) is 1. The fraction of sp³-hybridized carbons (Fsp3) is 0.938. The summed E-state index contributed by atoms with van der Waals surface area (Å²) in [5.74, 6) is 0.919. The molecule has 0 saturated heterocycles. The van der Waals surface area contributed by atoms with Crippen molar-refractivity contribution in [3.8, 4) is 0 Å². The molecule has 1 aliphatic carbocycles. The molecular weight excluding hydrogens is 208 g/mol. The highest BCUT2D eigenvalue weighted by atomic mass is 16.1. The molecule has 1 aliphatic rings. The number of carbonyl (C=O) groups is 1. The number of hydrogen-bond donors (Lipinski definition) is 0. The first kappa shape index (κ1) is 14.7. The normalized spacial score (nSPS) is 26.4. The van der Waals surface area contributed by atoms with Gasteiger partial charge in [0, 0.05) is 12.3 Å². The van der Waals surface area contributed by atoms with Crippen LogP contribution in [0.5, 0.6) is 0 Å². The Kier molecular flexibility index (Phi) is 8.38. The third kappa shape index (κ3) is 6.85. The minimum Gasteiger partial charge on any atom is -0.299 e. The second-order valence-electron chi connectivity index (χ2n) is 5.65. The van der Waals surface area contributed by atoms with Crippen LogP contribution in [0.1, 0.15) is 90.4 Å². The molecule has 1 unspecified atom stereocenters. The average Bonchev–Trinajstić information content (AvgIpc) is 2.34. The Hall–Kier alpha value is -0.330. The second kappa shape index (κ2) is 9.67. The predicted molar refractivity (Wildman–Crippen MR) is 74.2 cm³/mol. The largest absolute Gasteiger partial charge is 0.299 e. The van der Waals surface area contributed by atoms with Crippen LogP contribution in [0.15, 0.2) is 0 Å². The van der Waals surface area contributed by atoms with Crippen molar-refractivity contribution in [2.45, 2.75) is 90.4 Å². The quantitative estimate of drug-likeness (QED) is 0.607. The molecule has 1 nitrogen and oxygen atoms in total. The van der Waals surface area contributed by atoms with E-state index in [1.54, 1.807) is 0 Å². The van der Waals surface area contributed by atoms with Gasteiger partial charge in [-0.05, 0) is 19.3 Å². The monoisotopic (exact) mass is 238 g/mol. The Morgan fingerprint density at radius 2 is 1.29 bits per heavy atom. The van der Waals surface area contributed by atoms with Crippen LogP contribution >= 0.6 is 0 Å². The summed E-state index contributed by atoms with van der Waals surface area (Å²) in [6, 6.07) is 0. The molecule has 1 fully saturated rings. The molecule has 100 valence electrons. The number of carbonyl (C=O) groups excluding carboxylic acids is 1. The lowest BCUT2D eigenvalue weighted by molar-refractivity contribution is -0.123. The van der Waals surface area contributed by atoms with E-state index in [1.807, 2.05) is 0 Å². The lowest BCUT2D eigenvalue weighted by Gasteiger charge is -2.14. The first-order valence-corrected chi connectivity index (χ1v) is 7.87. The molecule has 0 radical (unpaired) electrons. The van der Waals surface area contributed by atoms with Crippen molar-refractivity contribution in [2.75, 3.05) is 0 Å². The summed E-state index contributed by atoms with van der Waals surface area (Å²) in [5.41, 5.74) is 0. The summed E-state index contributed by atoms with van der Waals surface area (Å²) in [4.78, 5) is 12.0. The average molecular weight is 238 g/mol. The van der Waals surface area contributed by atoms with Crippen molar-refractivity contribution >= 4 is 5.78 Å². The van der Waals surface area contributed by atoms with Crippen LogP contribution in [-0.4, -0.2) is 5.78 Å². The molecule has 0 aromatic heterocycles. The molecule has 0 heterocycles. The highest BCUT2D eigenvalue weighted by Gasteiger charge is 2.15. The summed E-state index contributed by atoms with van der Waals surface area (Å²) in [7, 11) is 0. The van der Waals surface area contributed by atoms with E-state index in [0.29, 0.717) is 11.7 Å². The lowest BCUT2D eigenvalue weighted by atomic mass is 9.90. The van der Waals surface area contributed by atoms with Crippen LogP contribution in [0.2, 0.25) is 0 Å². The van der Waals surface area contributed by atoms with Gasteiger partial charge in [-0.1, -0.05) is 64.7 Å². The van der Waals surface area contributed by atoms with E-state index in [9.17, 15) is 4.79 Å². The van der Waals surface area contributed by atoms with Gasteiger partial charge in [0.2, 0.25) is 0 Å². The van der Waals surface area contributed by atoms with Crippen molar-refractivity contribution < 1.29 is 4.79 Å². The van der Waals surface area contributed by atoms with E-state index in [-0.39, 0.29) is 0 Å². The zero-order chi connectivity index (χ0) is 12.3. The molecule has 0 N–H and O–H groups in total. The van der Waals surface area contributed by atoms with Crippen LogP contribution in [-0.2, 0) is 4.79 Å². The molecule has 0 spiro atoms. The molecule has 1 heteroatoms. The molecule has 0 bridgehead atoms. The summed E-state index contributed by atoms with van der Waals surface area (Å²) >= 11 is 0. The van der Waals surface area contributed by atoms with Gasteiger partial charge in [0.05, 0.1) is 0 Å². The van der Waals surface area contributed by atoms with Gasteiger partial charge in [-0.25, -0.2) is 0 Å². The van der Waals surface area contributed by atoms with Gasteiger partial charge < -0.3 is 0 Å². The number of rotatable bonds is 1. The van der Waals surface area contributed by atoms with Crippen molar-refractivity contribution in [1.82, 2.24) is 0 Å². The highest BCUT2D eigenvalue weighted by Crippen LogP contribution is 2.20. The van der Waals surface area contributed by atoms with Gasteiger partial charge >= 0.3 is 0 Å². The molecule has 0 aromatic carbocycles. The summed E-state index contributed by atoms with van der Waals surface area (Å²) in [6.45, 7) is 2.17. The van der Waals surface area contributed by atoms with E-state index in [2.05, 4.69) is 6.92 Å². The van der Waals surface area contributed by atoms with E-state index in [1.165, 1.54) is 57.8 Å². The SMILES string of the molecule is CCC1CCCCCCCCCCCCC1=O. The molecule has 0 aliphatic heterocycles. The summed E-state index contributed by atoms with van der Waals surface area (Å²) in [5, 5.41) is 0. The lowest BCUT2D eigenvalue weighted by Crippen LogP contribution is -2.13. The van der Waals surface area contributed by atoms with Crippen molar-refractivity contribution in [2.24, 2.45) is 5.92 Å². The van der Waals surface area contributed by atoms with Gasteiger partial charge in [-0.3, -0.25) is 4.79 Å². The van der Waals surface area contributed by atoms with E-state index in [0.717, 1.165) is 25.7 Å². The fourth-order valence-electron chi connectivity index (χ4n) is 2.90. The van der Waals surface area contributed by atoms with Gasteiger partial charge in [0.1, 0.15) is 5.78 Å². The highest BCUT2D eigenvalue weighted by molar-refractivity contribution is 5.80. The topological polar surface area (TPSA) is 17.1 Å².